The van der Waals surface area contributed by atoms with Crippen LogP contribution in [0.25, 0.3) is 0 Å². The van der Waals surface area contributed by atoms with Crippen molar-refractivity contribution in [2.24, 2.45) is 27.9 Å². The minimum atomic E-state index is -1.07. The number of carbonyl (C=O) groups excluding carboxylic acids is 5. The monoisotopic (exact) mass is 589 g/mol. The number of Topliss-reactive ketones (excluding diaryl/α,β-unsaturated/α-hetero) is 1. The maximum absolute atomic E-state index is 14.3. The van der Waals surface area contributed by atoms with Crippen molar-refractivity contribution in [2.75, 3.05) is 18.5 Å². The van der Waals surface area contributed by atoms with E-state index in [1.54, 1.807) is 17.2 Å². The summed E-state index contributed by atoms with van der Waals surface area (Å²) in [7, 11) is 0. The van der Waals surface area contributed by atoms with Crippen LogP contribution in [0.1, 0.15) is 90.6 Å². The van der Waals surface area contributed by atoms with Gasteiger partial charge in [-0.25, -0.2) is 9.78 Å². The summed E-state index contributed by atoms with van der Waals surface area (Å²) < 4.78 is 5.03. The van der Waals surface area contributed by atoms with Crippen LogP contribution >= 0.6 is 11.3 Å². The molecule has 2 saturated carbocycles. The Morgan fingerprint density at radius 1 is 1.22 bits per heavy atom. The fourth-order valence-corrected chi connectivity index (χ4v) is 6.89. The molecule has 3 fully saturated rings. The zero-order valence-corrected chi connectivity index (χ0v) is 25.7. The van der Waals surface area contributed by atoms with E-state index in [2.05, 4.69) is 29.5 Å². The SMILES string of the molecule is CCOC(=O)c1csc(N[C@H](C(=O)N2CC3(C[C@H]2C(=O)NC(CC2CCC2)C(=O)C(N)=O)CC3(C)C)C(C)(C)C)n1. The summed E-state index contributed by atoms with van der Waals surface area (Å²) in [5, 5.41) is 8.00. The van der Waals surface area contributed by atoms with Gasteiger partial charge in [0.2, 0.25) is 17.6 Å². The smallest absolute Gasteiger partial charge is 0.357 e. The number of anilines is 1. The summed E-state index contributed by atoms with van der Waals surface area (Å²) in [4.78, 5) is 70.6. The highest BCUT2D eigenvalue weighted by atomic mass is 32.1. The fourth-order valence-electron chi connectivity index (χ4n) is 6.18. The number of nitrogens with zero attached hydrogens (tertiary/aromatic N) is 2. The summed E-state index contributed by atoms with van der Waals surface area (Å²) in [5.41, 5.74) is 4.66. The predicted molar refractivity (Wildman–Crippen MR) is 154 cm³/mol. The molecule has 41 heavy (non-hydrogen) atoms. The van der Waals surface area contributed by atoms with Gasteiger partial charge in [0.1, 0.15) is 12.1 Å². The van der Waals surface area contributed by atoms with E-state index in [0.29, 0.717) is 24.5 Å². The van der Waals surface area contributed by atoms with E-state index in [4.69, 9.17) is 10.5 Å². The molecule has 12 heteroatoms. The van der Waals surface area contributed by atoms with E-state index in [1.165, 1.54) is 11.3 Å². The van der Waals surface area contributed by atoms with Gasteiger partial charge in [0.15, 0.2) is 10.8 Å². The first-order valence-corrected chi connectivity index (χ1v) is 15.3. The standard InChI is InChI=1S/C29H43N5O6S/c1-7-40-25(39)18-13-41-26(32-18)33-21(27(2,3)4)24(38)34-15-29(14-28(29,5)6)12-19(34)23(37)31-17(20(35)22(30)36)11-16-9-8-10-16/h13,16-17,19,21H,7-12,14-15H2,1-6H3,(H2,30,36)(H,31,37)(H,32,33)/t17?,19-,21+,29?/m0/s1. The van der Waals surface area contributed by atoms with Crippen molar-refractivity contribution in [1.29, 1.82) is 0 Å². The molecular weight excluding hydrogens is 546 g/mol. The van der Waals surface area contributed by atoms with Gasteiger partial charge < -0.3 is 26.0 Å². The number of ketones is 1. The Balaban J connectivity index is 1.58. The molecule has 4 atom stereocenters. The van der Waals surface area contributed by atoms with Gasteiger partial charge >= 0.3 is 5.97 Å². The highest BCUT2D eigenvalue weighted by Gasteiger charge is 2.67. The Morgan fingerprint density at radius 2 is 1.88 bits per heavy atom. The molecule has 2 aliphatic carbocycles. The van der Waals surface area contributed by atoms with Crippen molar-refractivity contribution in [3.63, 3.8) is 0 Å². The molecule has 4 rings (SSSR count). The third kappa shape index (κ3) is 6.42. The summed E-state index contributed by atoms with van der Waals surface area (Å²) in [6.45, 7) is 12.4. The Kier molecular flexibility index (Phi) is 8.55. The average molecular weight is 590 g/mol. The van der Waals surface area contributed by atoms with E-state index < -0.39 is 47.1 Å². The van der Waals surface area contributed by atoms with Crippen LogP contribution in [0, 0.1) is 22.2 Å². The van der Waals surface area contributed by atoms with Crippen LogP contribution in [-0.4, -0.2) is 70.6 Å². The number of rotatable bonds is 11. The molecule has 0 bridgehead atoms. The largest absolute Gasteiger partial charge is 0.461 e. The quantitative estimate of drug-likeness (QED) is 0.262. The van der Waals surface area contributed by atoms with Crippen molar-refractivity contribution in [3.05, 3.63) is 11.1 Å². The topological polar surface area (TPSA) is 161 Å². The third-order valence-electron chi connectivity index (χ3n) is 9.15. The van der Waals surface area contributed by atoms with Gasteiger partial charge in [-0.2, -0.15) is 0 Å². The lowest BCUT2D eigenvalue weighted by molar-refractivity contribution is -0.142. The summed E-state index contributed by atoms with van der Waals surface area (Å²) in [6, 6.07) is -2.56. The second-order valence-electron chi connectivity index (χ2n) is 13.6. The Hall–Kier alpha value is -3.02. The van der Waals surface area contributed by atoms with E-state index in [-0.39, 0.29) is 35.0 Å². The van der Waals surface area contributed by atoms with E-state index in [9.17, 15) is 24.0 Å². The molecule has 1 saturated heterocycles. The molecule has 2 heterocycles. The van der Waals surface area contributed by atoms with E-state index >= 15 is 0 Å². The summed E-state index contributed by atoms with van der Waals surface area (Å²) in [6.07, 6.45) is 4.65. The molecule has 3 aliphatic rings. The zero-order valence-electron chi connectivity index (χ0n) is 24.9. The number of amides is 3. The van der Waals surface area contributed by atoms with Crippen LogP contribution in [-0.2, 0) is 23.9 Å². The Labute approximate surface area is 245 Å². The van der Waals surface area contributed by atoms with Crippen molar-refractivity contribution in [1.82, 2.24) is 15.2 Å². The minimum Gasteiger partial charge on any atom is -0.461 e. The summed E-state index contributed by atoms with van der Waals surface area (Å²) >= 11 is 1.20. The lowest BCUT2D eigenvalue weighted by atomic mass is 9.80. The molecule has 1 aromatic heterocycles. The first-order chi connectivity index (χ1) is 19.1. The number of hydrogen-bond donors (Lipinski definition) is 3. The molecular formula is C29H43N5O6S. The highest BCUT2D eigenvalue weighted by molar-refractivity contribution is 7.13. The highest BCUT2D eigenvalue weighted by Crippen LogP contribution is 2.69. The number of likely N-dealkylation sites (tertiary alicyclic amines) is 1. The van der Waals surface area contributed by atoms with Gasteiger partial charge in [-0.05, 0) is 48.3 Å². The van der Waals surface area contributed by atoms with Crippen LogP contribution in [0.2, 0.25) is 0 Å². The van der Waals surface area contributed by atoms with Crippen LogP contribution in [0.15, 0.2) is 5.38 Å². The maximum atomic E-state index is 14.3. The first kappa shape index (κ1) is 30.9. The Bertz CT molecular complexity index is 1220. The number of carbonyl (C=O) groups is 5. The number of nitrogens with two attached hydrogens (primary N) is 1. The molecule has 11 nitrogen and oxygen atoms in total. The molecule has 1 aromatic rings. The van der Waals surface area contributed by atoms with Gasteiger partial charge in [0.05, 0.1) is 12.6 Å². The first-order valence-electron chi connectivity index (χ1n) is 14.4. The minimum absolute atomic E-state index is 0.0383. The van der Waals surface area contributed by atoms with Crippen molar-refractivity contribution in [3.8, 4) is 0 Å². The molecule has 3 amide bonds. The van der Waals surface area contributed by atoms with E-state index in [0.717, 1.165) is 25.7 Å². The molecule has 2 unspecified atom stereocenters. The van der Waals surface area contributed by atoms with Gasteiger partial charge in [0.25, 0.3) is 5.91 Å². The number of hydrogen-bond acceptors (Lipinski definition) is 9. The number of primary amides is 1. The zero-order chi connectivity index (χ0) is 30.3. The van der Waals surface area contributed by atoms with Crippen LogP contribution < -0.4 is 16.4 Å². The number of thiazole rings is 1. The van der Waals surface area contributed by atoms with Gasteiger partial charge in [-0.1, -0.05) is 53.9 Å². The lowest BCUT2D eigenvalue weighted by Crippen LogP contribution is -2.56. The predicted octanol–water partition coefficient (Wildman–Crippen LogP) is 2.89. The molecule has 226 valence electrons. The van der Waals surface area contributed by atoms with Gasteiger partial charge in [0, 0.05) is 11.9 Å². The number of aromatic nitrogens is 1. The molecule has 0 aromatic carbocycles. The fraction of sp³-hybridized carbons (Fsp3) is 0.724. The molecule has 4 N–H and O–H groups in total. The molecule has 1 aliphatic heterocycles. The third-order valence-corrected chi connectivity index (χ3v) is 9.92. The molecule has 1 spiro atoms. The maximum Gasteiger partial charge on any atom is 0.357 e. The Morgan fingerprint density at radius 3 is 2.39 bits per heavy atom. The van der Waals surface area contributed by atoms with Gasteiger partial charge in [-0.15, -0.1) is 11.3 Å². The number of ether oxygens (including phenoxy) is 1. The average Bonchev–Trinajstić information content (AvgIpc) is 3.21. The van der Waals surface area contributed by atoms with Crippen LogP contribution in [0.5, 0.6) is 0 Å². The van der Waals surface area contributed by atoms with Crippen molar-refractivity contribution in [2.45, 2.75) is 98.2 Å². The lowest BCUT2D eigenvalue weighted by Gasteiger charge is -2.36. The normalized spacial score (nSPS) is 24.7. The molecule has 0 radical (unpaired) electrons. The summed E-state index contributed by atoms with van der Waals surface area (Å²) in [5.74, 6) is -2.86. The van der Waals surface area contributed by atoms with Crippen LogP contribution in [0.4, 0.5) is 5.13 Å². The van der Waals surface area contributed by atoms with Gasteiger partial charge in [-0.3, -0.25) is 19.2 Å². The second-order valence-corrected chi connectivity index (χ2v) is 14.4. The van der Waals surface area contributed by atoms with Crippen molar-refractivity contribution < 1.29 is 28.7 Å². The number of nitrogens with one attached hydrogen (secondary N) is 2. The number of esters is 1. The van der Waals surface area contributed by atoms with Crippen molar-refractivity contribution >= 4 is 45.9 Å². The second kappa shape index (κ2) is 11.3. The van der Waals surface area contributed by atoms with E-state index in [1.807, 2.05) is 20.8 Å². The van der Waals surface area contributed by atoms with Crippen LogP contribution in [0.3, 0.4) is 0 Å².